The molecule has 1 fully saturated rings. The highest BCUT2D eigenvalue weighted by Crippen LogP contribution is 2.16. The second-order valence-corrected chi connectivity index (χ2v) is 6.02. The summed E-state index contributed by atoms with van der Waals surface area (Å²) in [5, 5.41) is 6.36. The molecule has 1 unspecified atom stereocenters. The highest BCUT2D eigenvalue weighted by molar-refractivity contribution is 14.0. The van der Waals surface area contributed by atoms with Crippen molar-refractivity contribution in [1.82, 2.24) is 15.5 Å². The fraction of sp³-hybridized carbons (Fsp3) is 0.611. The molecule has 1 aliphatic heterocycles. The molecule has 1 aromatic rings. The summed E-state index contributed by atoms with van der Waals surface area (Å²) in [5.41, 5.74) is 0.119. The van der Waals surface area contributed by atoms with E-state index in [4.69, 9.17) is 0 Å². The molecule has 25 heavy (non-hydrogen) atoms. The number of hydrogen-bond donors (Lipinski definition) is 2. The van der Waals surface area contributed by atoms with E-state index in [1.54, 1.807) is 0 Å². The van der Waals surface area contributed by atoms with Crippen molar-refractivity contribution in [2.75, 3.05) is 32.7 Å². The summed E-state index contributed by atoms with van der Waals surface area (Å²) < 4.78 is 27.3. The van der Waals surface area contributed by atoms with Crippen LogP contribution < -0.4 is 10.6 Å². The summed E-state index contributed by atoms with van der Waals surface area (Å²) in [6, 6.07) is 4.46. The third-order valence-electron chi connectivity index (χ3n) is 4.44. The molecular weight excluding hydrogens is 437 g/mol. The van der Waals surface area contributed by atoms with E-state index in [-0.39, 0.29) is 36.0 Å². The van der Waals surface area contributed by atoms with Crippen LogP contribution in [0.1, 0.15) is 32.3 Å². The first-order valence-corrected chi connectivity index (χ1v) is 8.84. The number of nitrogens with one attached hydrogen (secondary N) is 2. The van der Waals surface area contributed by atoms with E-state index in [0.717, 1.165) is 26.2 Å². The van der Waals surface area contributed by atoms with Gasteiger partial charge < -0.3 is 10.6 Å². The Morgan fingerprint density at radius 2 is 1.96 bits per heavy atom. The third-order valence-corrected chi connectivity index (χ3v) is 4.44. The zero-order valence-corrected chi connectivity index (χ0v) is 17.4. The number of aliphatic imine (C=N–C) groups is 1. The van der Waals surface area contributed by atoms with Crippen LogP contribution in [0.4, 0.5) is 8.78 Å². The van der Waals surface area contributed by atoms with E-state index in [9.17, 15) is 8.78 Å². The molecule has 4 nitrogen and oxygen atoms in total. The zero-order chi connectivity index (χ0) is 17.4. The lowest BCUT2D eigenvalue weighted by atomic mass is 10.1. The molecular formula is C18H29F2IN4. The van der Waals surface area contributed by atoms with E-state index < -0.39 is 11.6 Å². The monoisotopic (exact) mass is 466 g/mol. The van der Waals surface area contributed by atoms with E-state index in [2.05, 4.69) is 27.4 Å². The van der Waals surface area contributed by atoms with Crippen LogP contribution in [0.15, 0.2) is 23.2 Å². The molecule has 7 heteroatoms. The van der Waals surface area contributed by atoms with Crippen molar-refractivity contribution in [1.29, 1.82) is 0 Å². The first-order valence-electron chi connectivity index (χ1n) is 8.84. The van der Waals surface area contributed by atoms with Crippen molar-refractivity contribution >= 4 is 29.9 Å². The smallest absolute Gasteiger partial charge is 0.191 e. The van der Waals surface area contributed by atoms with Gasteiger partial charge in [-0.1, -0.05) is 13.0 Å². The first kappa shape index (κ1) is 22.1. The molecule has 1 aliphatic rings. The van der Waals surface area contributed by atoms with E-state index in [1.165, 1.54) is 31.0 Å². The maximum atomic E-state index is 13.6. The van der Waals surface area contributed by atoms with Gasteiger partial charge in [-0.15, -0.1) is 24.0 Å². The third kappa shape index (κ3) is 6.69. The van der Waals surface area contributed by atoms with Gasteiger partial charge in [0.2, 0.25) is 0 Å². The van der Waals surface area contributed by atoms with Crippen molar-refractivity contribution in [3.8, 4) is 0 Å². The minimum atomic E-state index is -0.497. The molecule has 1 atom stereocenters. The molecule has 0 bridgehead atoms. The maximum Gasteiger partial charge on any atom is 0.191 e. The minimum absolute atomic E-state index is 0. The van der Waals surface area contributed by atoms with Crippen LogP contribution in [0.3, 0.4) is 0 Å². The molecule has 0 saturated carbocycles. The van der Waals surface area contributed by atoms with E-state index in [1.807, 2.05) is 6.92 Å². The molecule has 1 saturated heterocycles. The fourth-order valence-electron chi connectivity index (χ4n) is 3.13. The van der Waals surface area contributed by atoms with Crippen LogP contribution in [-0.4, -0.2) is 49.6 Å². The lowest BCUT2D eigenvalue weighted by Gasteiger charge is -2.21. The van der Waals surface area contributed by atoms with Crippen LogP contribution in [0, 0.1) is 11.6 Å². The number of hydrogen-bond acceptors (Lipinski definition) is 2. The summed E-state index contributed by atoms with van der Waals surface area (Å²) in [6.07, 6.45) is 2.69. The lowest BCUT2D eigenvalue weighted by molar-refractivity contribution is 0.273. The Labute approximate surface area is 166 Å². The molecule has 0 amide bonds. The van der Waals surface area contributed by atoms with Crippen LogP contribution in [-0.2, 0) is 6.42 Å². The SMILES string of the molecule is CCNC(=NCC1CCCN1CC)NCCc1c(F)cccc1F.I. The maximum absolute atomic E-state index is 13.6. The van der Waals surface area contributed by atoms with Gasteiger partial charge in [-0.3, -0.25) is 9.89 Å². The molecule has 142 valence electrons. The topological polar surface area (TPSA) is 39.7 Å². The van der Waals surface area contributed by atoms with Gasteiger partial charge in [0.25, 0.3) is 0 Å². The highest BCUT2D eigenvalue weighted by atomic mass is 127. The molecule has 0 spiro atoms. The van der Waals surface area contributed by atoms with Gasteiger partial charge in [-0.05, 0) is 51.4 Å². The van der Waals surface area contributed by atoms with Gasteiger partial charge in [0.15, 0.2) is 5.96 Å². The zero-order valence-electron chi connectivity index (χ0n) is 15.0. The number of nitrogens with zero attached hydrogens (tertiary/aromatic N) is 2. The number of rotatable bonds is 7. The molecule has 2 N–H and O–H groups in total. The first-order chi connectivity index (χ1) is 11.7. The molecule has 1 heterocycles. The van der Waals surface area contributed by atoms with Gasteiger partial charge in [0.1, 0.15) is 11.6 Å². The molecule has 0 aliphatic carbocycles. The van der Waals surface area contributed by atoms with E-state index in [0.29, 0.717) is 18.5 Å². The molecule has 0 radical (unpaired) electrons. The summed E-state index contributed by atoms with van der Waals surface area (Å²) in [4.78, 5) is 7.08. The Kier molecular flexibility index (Phi) is 10.3. The lowest BCUT2D eigenvalue weighted by Crippen LogP contribution is -2.40. The van der Waals surface area contributed by atoms with Crippen molar-refractivity contribution in [3.63, 3.8) is 0 Å². The largest absolute Gasteiger partial charge is 0.357 e. The van der Waals surface area contributed by atoms with Crippen LogP contribution in [0.25, 0.3) is 0 Å². The van der Waals surface area contributed by atoms with Crippen molar-refractivity contribution < 1.29 is 8.78 Å². The van der Waals surface area contributed by atoms with Crippen molar-refractivity contribution in [2.24, 2.45) is 4.99 Å². The molecule has 1 aromatic carbocycles. The Balaban J connectivity index is 0.00000312. The van der Waals surface area contributed by atoms with Crippen molar-refractivity contribution in [2.45, 2.75) is 39.2 Å². The summed E-state index contributed by atoms with van der Waals surface area (Å²) in [7, 11) is 0. The second-order valence-electron chi connectivity index (χ2n) is 6.02. The summed E-state index contributed by atoms with van der Waals surface area (Å²) in [6.45, 7) is 8.31. The minimum Gasteiger partial charge on any atom is -0.357 e. The van der Waals surface area contributed by atoms with Crippen LogP contribution in [0.5, 0.6) is 0 Å². The number of benzene rings is 1. The standard InChI is InChI=1S/C18H28F2N4.HI/c1-3-21-18(23-13-14-7-6-12-24(14)4-2)22-11-10-15-16(19)8-5-9-17(15)20;/h5,8-9,14H,3-4,6-7,10-13H2,1-2H3,(H2,21,22,23);1H. The Morgan fingerprint density at radius 3 is 2.60 bits per heavy atom. The Bertz CT molecular complexity index is 534. The average Bonchev–Trinajstić information content (AvgIpc) is 3.02. The van der Waals surface area contributed by atoms with Gasteiger partial charge in [-0.25, -0.2) is 8.78 Å². The molecule has 2 rings (SSSR count). The fourth-order valence-corrected chi connectivity index (χ4v) is 3.13. The number of guanidine groups is 1. The van der Waals surface area contributed by atoms with Gasteiger partial charge in [0, 0.05) is 24.7 Å². The molecule has 0 aromatic heterocycles. The van der Waals surface area contributed by atoms with Crippen molar-refractivity contribution in [3.05, 3.63) is 35.4 Å². The van der Waals surface area contributed by atoms with Crippen LogP contribution >= 0.6 is 24.0 Å². The number of likely N-dealkylation sites (tertiary alicyclic amines) is 1. The number of halogens is 3. The summed E-state index contributed by atoms with van der Waals surface area (Å²) >= 11 is 0. The highest BCUT2D eigenvalue weighted by Gasteiger charge is 2.22. The average molecular weight is 466 g/mol. The van der Waals surface area contributed by atoms with E-state index >= 15 is 0 Å². The van der Waals surface area contributed by atoms with Gasteiger partial charge in [-0.2, -0.15) is 0 Å². The Hall–Kier alpha value is -0.960. The number of likely N-dealkylation sites (N-methyl/N-ethyl adjacent to an activating group) is 1. The summed E-state index contributed by atoms with van der Waals surface area (Å²) in [5.74, 6) is -0.288. The normalized spacial score (nSPS) is 18.1. The second kappa shape index (κ2) is 11.6. The van der Waals surface area contributed by atoms with Gasteiger partial charge >= 0.3 is 0 Å². The van der Waals surface area contributed by atoms with Gasteiger partial charge in [0.05, 0.1) is 6.54 Å². The van der Waals surface area contributed by atoms with Crippen LogP contribution in [0.2, 0.25) is 0 Å². The quantitative estimate of drug-likeness (QED) is 0.369. The Morgan fingerprint density at radius 1 is 1.24 bits per heavy atom. The predicted molar refractivity (Wildman–Crippen MR) is 110 cm³/mol. The predicted octanol–water partition coefficient (Wildman–Crippen LogP) is 3.16.